The standard InChI is InChI=1S/C13H21NO4/c1-15-11-7-5-6-10(13(11)18-4)8-14-9-12(16-2)17-3/h5-7,12,14H,8-9H2,1-4H3. The maximum atomic E-state index is 5.35. The van der Waals surface area contributed by atoms with E-state index in [4.69, 9.17) is 18.9 Å². The summed E-state index contributed by atoms with van der Waals surface area (Å²) in [6.45, 7) is 1.26. The molecular weight excluding hydrogens is 234 g/mol. The maximum absolute atomic E-state index is 5.35. The highest BCUT2D eigenvalue weighted by Gasteiger charge is 2.10. The predicted molar refractivity (Wildman–Crippen MR) is 69.1 cm³/mol. The van der Waals surface area contributed by atoms with E-state index in [-0.39, 0.29) is 6.29 Å². The Labute approximate surface area is 108 Å². The number of methoxy groups -OCH3 is 4. The summed E-state index contributed by atoms with van der Waals surface area (Å²) in [5.74, 6) is 1.48. The van der Waals surface area contributed by atoms with Crippen LogP contribution in [0.2, 0.25) is 0 Å². The fraction of sp³-hybridized carbons (Fsp3) is 0.538. The average molecular weight is 255 g/mol. The van der Waals surface area contributed by atoms with E-state index in [0.717, 1.165) is 17.1 Å². The Morgan fingerprint density at radius 3 is 2.33 bits per heavy atom. The molecule has 5 nitrogen and oxygen atoms in total. The first-order valence-corrected chi connectivity index (χ1v) is 5.73. The normalized spacial score (nSPS) is 10.7. The molecule has 1 N–H and O–H groups in total. The first-order valence-electron chi connectivity index (χ1n) is 5.73. The van der Waals surface area contributed by atoms with Crippen molar-refractivity contribution in [3.05, 3.63) is 23.8 Å². The van der Waals surface area contributed by atoms with Gasteiger partial charge >= 0.3 is 0 Å². The van der Waals surface area contributed by atoms with Crippen molar-refractivity contribution in [3.63, 3.8) is 0 Å². The lowest BCUT2D eigenvalue weighted by molar-refractivity contribution is -0.0989. The highest BCUT2D eigenvalue weighted by molar-refractivity contribution is 5.46. The molecule has 1 aromatic rings. The molecule has 0 atom stereocenters. The van der Waals surface area contributed by atoms with Crippen LogP contribution in [0.15, 0.2) is 18.2 Å². The molecule has 102 valence electrons. The Kier molecular flexibility index (Phi) is 6.49. The molecule has 0 amide bonds. The fourth-order valence-corrected chi connectivity index (χ4v) is 1.68. The smallest absolute Gasteiger partial charge is 0.169 e. The highest BCUT2D eigenvalue weighted by atomic mass is 16.7. The van der Waals surface area contributed by atoms with E-state index < -0.39 is 0 Å². The minimum Gasteiger partial charge on any atom is -0.493 e. The van der Waals surface area contributed by atoms with Crippen molar-refractivity contribution in [3.8, 4) is 11.5 Å². The summed E-state index contributed by atoms with van der Waals surface area (Å²) in [5, 5.41) is 3.24. The largest absolute Gasteiger partial charge is 0.493 e. The number of rotatable bonds is 8. The first-order chi connectivity index (χ1) is 8.76. The molecule has 0 aliphatic heterocycles. The third-order valence-corrected chi connectivity index (χ3v) is 2.64. The molecule has 0 unspecified atom stereocenters. The monoisotopic (exact) mass is 255 g/mol. The second kappa shape index (κ2) is 7.92. The lowest BCUT2D eigenvalue weighted by Crippen LogP contribution is -2.29. The Morgan fingerprint density at radius 1 is 1.06 bits per heavy atom. The Morgan fingerprint density at radius 2 is 1.78 bits per heavy atom. The van der Waals surface area contributed by atoms with Crippen LogP contribution in [0.5, 0.6) is 11.5 Å². The summed E-state index contributed by atoms with van der Waals surface area (Å²) in [4.78, 5) is 0. The lowest BCUT2D eigenvalue weighted by atomic mass is 10.2. The van der Waals surface area contributed by atoms with Gasteiger partial charge in [-0.25, -0.2) is 0 Å². The van der Waals surface area contributed by atoms with E-state index in [1.165, 1.54) is 0 Å². The highest BCUT2D eigenvalue weighted by Crippen LogP contribution is 2.30. The van der Waals surface area contributed by atoms with Gasteiger partial charge in [0.05, 0.1) is 14.2 Å². The third kappa shape index (κ3) is 3.87. The van der Waals surface area contributed by atoms with Gasteiger partial charge in [0.15, 0.2) is 17.8 Å². The van der Waals surface area contributed by atoms with E-state index in [1.807, 2.05) is 18.2 Å². The van der Waals surface area contributed by atoms with Crippen molar-refractivity contribution in [1.29, 1.82) is 0 Å². The second-order valence-corrected chi connectivity index (χ2v) is 3.68. The van der Waals surface area contributed by atoms with Gasteiger partial charge in [0.2, 0.25) is 0 Å². The molecule has 18 heavy (non-hydrogen) atoms. The zero-order chi connectivity index (χ0) is 13.4. The van der Waals surface area contributed by atoms with E-state index in [0.29, 0.717) is 13.1 Å². The molecule has 0 spiro atoms. The minimum absolute atomic E-state index is 0.249. The summed E-state index contributed by atoms with van der Waals surface area (Å²) in [6, 6.07) is 5.79. The molecule has 0 aromatic heterocycles. The van der Waals surface area contributed by atoms with Crippen LogP contribution >= 0.6 is 0 Å². The Bertz CT molecular complexity index is 353. The van der Waals surface area contributed by atoms with Crippen LogP contribution in [0, 0.1) is 0 Å². The van der Waals surface area contributed by atoms with Crippen LogP contribution in [0.4, 0.5) is 0 Å². The summed E-state index contributed by atoms with van der Waals surface area (Å²) < 4.78 is 20.8. The molecule has 0 bridgehead atoms. The Hall–Kier alpha value is -1.30. The summed E-state index contributed by atoms with van der Waals surface area (Å²) in [7, 11) is 6.49. The molecule has 5 heteroatoms. The van der Waals surface area contributed by atoms with Gasteiger partial charge in [-0.05, 0) is 6.07 Å². The number of hydrogen-bond acceptors (Lipinski definition) is 5. The van der Waals surface area contributed by atoms with Gasteiger partial charge < -0.3 is 24.3 Å². The molecular formula is C13H21NO4. The molecule has 0 saturated carbocycles. The lowest BCUT2D eigenvalue weighted by Gasteiger charge is -2.16. The van der Waals surface area contributed by atoms with Crippen molar-refractivity contribution < 1.29 is 18.9 Å². The molecule has 0 aliphatic rings. The van der Waals surface area contributed by atoms with Gasteiger partial charge in [-0.15, -0.1) is 0 Å². The molecule has 0 radical (unpaired) electrons. The zero-order valence-electron chi connectivity index (χ0n) is 11.4. The van der Waals surface area contributed by atoms with Gasteiger partial charge in [0, 0.05) is 32.9 Å². The fourth-order valence-electron chi connectivity index (χ4n) is 1.68. The van der Waals surface area contributed by atoms with E-state index in [1.54, 1.807) is 28.4 Å². The molecule has 1 rings (SSSR count). The number of benzene rings is 1. The Balaban J connectivity index is 2.61. The van der Waals surface area contributed by atoms with Gasteiger partial charge in [-0.3, -0.25) is 0 Å². The van der Waals surface area contributed by atoms with Crippen LogP contribution in [-0.2, 0) is 16.0 Å². The number of para-hydroxylation sites is 1. The molecule has 0 saturated heterocycles. The number of nitrogens with one attached hydrogen (secondary N) is 1. The minimum atomic E-state index is -0.249. The molecule has 0 heterocycles. The van der Waals surface area contributed by atoms with Crippen molar-refractivity contribution in [1.82, 2.24) is 5.32 Å². The van der Waals surface area contributed by atoms with Gasteiger partial charge in [-0.2, -0.15) is 0 Å². The van der Waals surface area contributed by atoms with Crippen LogP contribution in [0.3, 0.4) is 0 Å². The van der Waals surface area contributed by atoms with E-state index >= 15 is 0 Å². The summed E-state index contributed by atoms with van der Waals surface area (Å²) >= 11 is 0. The second-order valence-electron chi connectivity index (χ2n) is 3.68. The van der Waals surface area contributed by atoms with Crippen molar-refractivity contribution in [2.45, 2.75) is 12.8 Å². The predicted octanol–water partition coefficient (Wildman–Crippen LogP) is 1.41. The van der Waals surface area contributed by atoms with Gasteiger partial charge in [0.1, 0.15) is 0 Å². The summed E-state index contributed by atoms with van der Waals surface area (Å²) in [6.07, 6.45) is -0.249. The van der Waals surface area contributed by atoms with Crippen LogP contribution < -0.4 is 14.8 Å². The van der Waals surface area contributed by atoms with Gasteiger partial charge in [-0.1, -0.05) is 12.1 Å². The topological polar surface area (TPSA) is 49.0 Å². The van der Waals surface area contributed by atoms with Crippen LogP contribution in [0.1, 0.15) is 5.56 Å². The summed E-state index contributed by atoms with van der Waals surface area (Å²) in [5.41, 5.74) is 1.03. The van der Waals surface area contributed by atoms with Crippen molar-refractivity contribution in [2.24, 2.45) is 0 Å². The van der Waals surface area contributed by atoms with Gasteiger partial charge in [0.25, 0.3) is 0 Å². The van der Waals surface area contributed by atoms with E-state index in [2.05, 4.69) is 5.32 Å². The molecule has 0 aliphatic carbocycles. The van der Waals surface area contributed by atoms with Crippen LogP contribution in [0.25, 0.3) is 0 Å². The average Bonchev–Trinajstić information content (AvgIpc) is 2.43. The number of hydrogen-bond donors (Lipinski definition) is 1. The van der Waals surface area contributed by atoms with Crippen molar-refractivity contribution in [2.75, 3.05) is 35.0 Å². The van der Waals surface area contributed by atoms with E-state index in [9.17, 15) is 0 Å². The maximum Gasteiger partial charge on any atom is 0.169 e. The molecule has 1 aromatic carbocycles. The van der Waals surface area contributed by atoms with Crippen LogP contribution in [-0.4, -0.2) is 41.3 Å². The number of ether oxygens (including phenoxy) is 4. The zero-order valence-corrected chi connectivity index (χ0v) is 11.4. The van der Waals surface area contributed by atoms with Crippen molar-refractivity contribution >= 4 is 0 Å². The quantitative estimate of drug-likeness (QED) is 0.712. The first kappa shape index (κ1) is 14.8. The molecule has 0 fully saturated rings. The SMILES string of the molecule is COc1cccc(CNCC(OC)OC)c1OC. The third-order valence-electron chi connectivity index (χ3n) is 2.64.